The van der Waals surface area contributed by atoms with Crippen molar-refractivity contribution in [2.24, 2.45) is 0 Å². The third kappa shape index (κ3) is 6.27. The van der Waals surface area contributed by atoms with E-state index in [0.717, 1.165) is 58.3 Å². The monoisotopic (exact) mass is 550 g/mol. The minimum Gasteiger partial charge on any atom is -0.493 e. The predicted molar refractivity (Wildman–Crippen MR) is 138 cm³/mol. The lowest BCUT2D eigenvalue weighted by Gasteiger charge is -2.29. The van der Waals surface area contributed by atoms with Crippen molar-refractivity contribution in [1.82, 2.24) is 0 Å². The van der Waals surface area contributed by atoms with Crippen molar-refractivity contribution in [3.05, 3.63) is 80.2 Å². The van der Waals surface area contributed by atoms with Crippen molar-refractivity contribution in [3.8, 4) is 11.5 Å². The highest BCUT2D eigenvalue weighted by atomic mass is 79.9. The quantitative estimate of drug-likeness (QED) is 0.334. The van der Waals surface area contributed by atoms with E-state index in [4.69, 9.17) is 37.4 Å². The van der Waals surface area contributed by atoms with Crippen LogP contribution in [0.5, 0.6) is 11.5 Å². The summed E-state index contributed by atoms with van der Waals surface area (Å²) in [5.74, 6) is 1.31. The number of nitrogens with zero attached hydrogens (tertiary/aromatic N) is 1. The molecule has 0 atom stereocenters. The number of rotatable bonds is 8. The van der Waals surface area contributed by atoms with Crippen LogP contribution in [-0.4, -0.2) is 33.4 Å². The van der Waals surface area contributed by atoms with Gasteiger partial charge in [-0.2, -0.15) is 0 Å². The van der Waals surface area contributed by atoms with Gasteiger partial charge in [-0.05, 0) is 69.5 Å². The third-order valence-electron chi connectivity index (χ3n) is 5.36. The molecule has 0 aliphatic carbocycles. The number of hydrogen-bond acceptors (Lipinski definition) is 5. The number of anilines is 2. The van der Waals surface area contributed by atoms with E-state index >= 15 is 0 Å². The van der Waals surface area contributed by atoms with E-state index in [0.29, 0.717) is 29.7 Å². The van der Waals surface area contributed by atoms with Gasteiger partial charge in [0, 0.05) is 30.3 Å². The Morgan fingerprint density at radius 2 is 1.85 bits per heavy atom. The average molecular weight is 552 g/mol. The summed E-state index contributed by atoms with van der Waals surface area (Å²) in [5.41, 5.74) is 4.02. The number of nitrogens with one attached hydrogen (secondary N) is 1. The summed E-state index contributed by atoms with van der Waals surface area (Å²) in [5, 5.41) is 4.84. The van der Waals surface area contributed by atoms with Crippen LogP contribution in [-0.2, 0) is 17.9 Å². The van der Waals surface area contributed by atoms with Crippen LogP contribution in [0.15, 0.2) is 59.1 Å². The normalized spacial score (nSPS) is 13.6. The first-order valence-corrected chi connectivity index (χ1v) is 12.2. The first-order valence-electron chi connectivity index (χ1n) is 10.6. The van der Waals surface area contributed by atoms with Gasteiger partial charge in [-0.15, -0.1) is 0 Å². The van der Waals surface area contributed by atoms with Crippen molar-refractivity contribution in [3.63, 3.8) is 0 Å². The number of methoxy groups -OCH3 is 1. The van der Waals surface area contributed by atoms with E-state index in [1.807, 2.05) is 48.5 Å². The molecular formula is C25H25BrCl2N2O3. The zero-order chi connectivity index (χ0) is 23.2. The fourth-order valence-corrected chi connectivity index (χ4v) is 4.80. The van der Waals surface area contributed by atoms with Gasteiger partial charge in [-0.3, -0.25) is 0 Å². The van der Waals surface area contributed by atoms with Crippen LogP contribution >= 0.6 is 39.1 Å². The van der Waals surface area contributed by atoms with E-state index in [-0.39, 0.29) is 0 Å². The molecule has 4 rings (SSSR count). The number of benzene rings is 3. The van der Waals surface area contributed by atoms with Crippen LogP contribution in [0, 0.1) is 0 Å². The summed E-state index contributed by atoms with van der Waals surface area (Å²) in [6.45, 7) is 4.16. The smallest absolute Gasteiger partial charge is 0.175 e. The maximum absolute atomic E-state index is 6.56. The lowest BCUT2D eigenvalue weighted by Crippen LogP contribution is -2.36. The van der Waals surface area contributed by atoms with Gasteiger partial charge < -0.3 is 24.4 Å². The summed E-state index contributed by atoms with van der Waals surface area (Å²) in [4.78, 5) is 2.25. The zero-order valence-corrected chi connectivity index (χ0v) is 21.3. The van der Waals surface area contributed by atoms with Gasteiger partial charge in [0.25, 0.3) is 0 Å². The van der Waals surface area contributed by atoms with Gasteiger partial charge in [0.05, 0.1) is 35.5 Å². The number of morpholine rings is 1. The Kier molecular flexibility index (Phi) is 8.25. The molecule has 5 nitrogen and oxygen atoms in total. The molecule has 0 aromatic heterocycles. The molecule has 0 saturated carbocycles. The summed E-state index contributed by atoms with van der Waals surface area (Å²) in [7, 11) is 1.63. The topological polar surface area (TPSA) is 43.0 Å². The Hall–Kier alpha value is -2.12. The molecule has 8 heteroatoms. The highest BCUT2D eigenvalue weighted by molar-refractivity contribution is 9.10. The minimum atomic E-state index is 0.390. The van der Waals surface area contributed by atoms with Crippen LogP contribution in [0.3, 0.4) is 0 Å². The molecule has 0 bridgehead atoms. The second-order valence-corrected chi connectivity index (χ2v) is 9.34. The van der Waals surface area contributed by atoms with Gasteiger partial charge in [-0.25, -0.2) is 0 Å². The molecule has 1 fully saturated rings. The zero-order valence-electron chi connectivity index (χ0n) is 18.2. The summed E-state index contributed by atoms with van der Waals surface area (Å²) >= 11 is 16.2. The fourth-order valence-electron chi connectivity index (χ4n) is 3.68. The average Bonchev–Trinajstić information content (AvgIpc) is 2.82. The Morgan fingerprint density at radius 1 is 1.03 bits per heavy atom. The first-order chi connectivity index (χ1) is 16.0. The van der Waals surface area contributed by atoms with Crippen molar-refractivity contribution in [2.75, 3.05) is 43.6 Å². The molecule has 33 heavy (non-hydrogen) atoms. The SMILES string of the molecule is COc1cc(CNc2ccc(N3CCOCC3)c(Cl)c2)cc(Br)c1OCc1cccc(Cl)c1. The first kappa shape index (κ1) is 24.0. The van der Waals surface area contributed by atoms with Crippen molar-refractivity contribution in [1.29, 1.82) is 0 Å². The molecule has 0 amide bonds. The molecule has 1 heterocycles. The van der Waals surface area contributed by atoms with Gasteiger partial charge in [0.15, 0.2) is 11.5 Å². The van der Waals surface area contributed by atoms with Crippen LogP contribution in [0.1, 0.15) is 11.1 Å². The summed E-state index contributed by atoms with van der Waals surface area (Å²) in [6, 6.07) is 17.7. The van der Waals surface area contributed by atoms with Gasteiger partial charge in [-0.1, -0.05) is 35.3 Å². The van der Waals surface area contributed by atoms with E-state index in [2.05, 4.69) is 32.2 Å². The van der Waals surface area contributed by atoms with E-state index < -0.39 is 0 Å². The number of ether oxygens (including phenoxy) is 3. The lowest BCUT2D eigenvalue weighted by molar-refractivity contribution is 0.122. The van der Waals surface area contributed by atoms with Crippen molar-refractivity contribution >= 4 is 50.5 Å². The second kappa shape index (κ2) is 11.3. The Labute approximate surface area is 212 Å². The number of halogens is 3. The molecular weight excluding hydrogens is 527 g/mol. The predicted octanol–water partition coefficient (Wildman–Crippen LogP) is 6.79. The molecule has 1 aliphatic heterocycles. The minimum absolute atomic E-state index is 0.390. The van der Waals surface area contributed by atoms with Crippen LogP contribution < -0.4 is 19.7 Å². The molecule has 3 aromatic carbocycles. The van der Waals surface area contributed by atoms with Gasteiger partial charge >= 0.3 is 0 Å². The molecule has 3 aromatic rings. The maximum Gasteiger partial charge on any atom is 0.175 e. The molecule has 0 radical (unpaired) electrons. The highest BCUT2D eigenvalue weighted by Gasteiger charge is 2.15. The molecule has 0 unspecified atom stereocenters. The largest absolute Gasteiger partial charge is 0.493 e. The third-order valence-corrected chi connectivity index (χ3v) is 6.48. The second-order valence-electron chi connectivity index (χ2n) is 7.65. The molecule has 174 valence electrons. The Bertz CT molecular complexity index is 1110. The van der Waals surface area contributed by atoms with Gasteiger partial charge in [0.1, 0.15) is 6.61 Å². The van der Waals surface area contributed by atoms with Crippen LogP contribution in [0.2, 0.25) is 10.0 Å². The molecule has 0 spiro atoms. The van der Waals surface area contributed by atoms with Crippen molar-refractivity contribution in [2.45, 2.75) is 13.2 Å². The van der Waals surface area contributed by atoms with Gasteiger partial charge in [0.2, 0.25) is 0 Å². The van der Waals surface area contributed by atoms with Crippen LogP contribution in [0.4, 0.5) is 11.4 Å². The van der Waals surface area contributed by atoms with E-state index in [1.165, 1.54) is 0 Å². The number of hydrogen-bond donors (Lipinski definition) is 1. The Balaban J connectivity index is 1.42. The lowest BCUT2D eigenvalue weighted by atomic mass is 10.2. The molecule has 1 saturated heterocycles. The highest BCUT2D eigenvalue weighted by Crippen LogP contribution is 2.38. The maximum atomic E-state index is 6.56. The summed E-state index contributed by atoms with van der Waals surface area (Å²) < 4.78 is 17.9. The molecule has 1 aliphatic rings. The fraction of sp³-hybridized carbons (Fsp3) is 0.280. The molecule has 1 N–H and O–H groups in total. The van der Waals surface area contributed by atoms with Crippen LogP contribution in [0.25, 0.3) is 0 Å². The summed E-state index contributed by atoms with van der Waals surface area (Å²) in [6.07, 6.45) is 0. The van der Waals surface area contributed by atoms with E-state index in [1.54, 1.807) is 7.11 Å². The Morgan fingerprint density at radius 3 is 2.58 bits per heavy atom. The van der Waals surface area contributed by atoms with E-state index in [9.17, 15) is 0 Å². The van der Waals surface area contributed by atoms with Crippen molar-refractivity contribution < 1.29 is 14.2 Å². The standard InChI is InChI=1S/C25H25BrCl2N2O3/c1-31-24-13-18(12-21(26)25(24)33-16-17-3-2-4-19(27)11-17)15-29-20-5-6-23(22(28)14-20)30-7-9-32-10-8-30/h2-6,11-14,29H,7-10,15-16H2,1H3.